The van der Waals surface area contributed by atoms with Crippen molar-refractivity contribution in [1.82, 2.24) is 0 Å². The molecule has 0 amide bonds. The second-order valence-corrected chi connectivity index (χ2v) is 4.20. The molecule has 0 radical (unpaired) electrons. The first-order chi connectivity index (χ1) is 6.56. The van der Waals surface area contributed by atoms with Gasteiger partial charge < -0.3 is 4.79 Å². The molecular weight excluding hydrogens is 172 g/mol. The maximum absolute atomic E-state index is 10.7. The summed E-state index contributed by atoms with van der Waals surface area (Å²) in [6.45, 7) is 8.36. The van der Waals surface area contributed by atoms with Crippen LogP contribution in [0.3, 0.4) is 0 Å². The standard InChI is InChI=1S/C13H18O/c1-9(2)12-5-6-13(10(3)7-12)11(4)8-14/h5-9,11H,1-4H3. The van der Waals surface area contributed by atoms with E-state index in [1.165, 1.54) is 11.1 Å². The van der Waals surface area contributed by atoms with E-state index >= 15 is 0 Å². The number of aldehydes is 1. The van der Waals surface area contributed by atoms with E-state index in [0.29, 0.717) is 5.92 Å². The van der Waals surface area contributed by atoms with E-state index in [1.807, 2.05) is 6.92 Å². The summed E-state index contributed by atoms with van der Waals surface area (Å²) in [7, 11) is 0. The minimum Gasteiger partial charge on any atom is -0.303 e. The predicted molar refractivity (Wildman–Crippen MR) is 59.7 cm³/mol. The van der Waals surface area contributed by atoms with Crippen LogP contribution >= 0.6 is 0 Å². The lowest BCUT2D eigenvalue weighted by molar-refractivity contribution is -0.108. The van der Waals surface area contributed by atoms with Crippen LogP contribution in [-0.4, -0.2) is 6.29 Å². The molecule has 0 bridgehead atoms. The van der Waals surface area contributed by atoms with Crippen molar-refractivity contribution in [3.05, 3.63) is 34.9 Å². The number of aryl methyl sites for hydroxylation is 1. The Morgan fingerprint density at radius 1 is 1.21 bits per heavy atom. The fourth-order valence-corrected chi connectivity index (χ4v) is 1.64. The van der Waals surface area contributed by atoms with E-state index in [0.717, 1.165) is 11.8 Å². The lowest BCUT2D eigenvalue weighted by atomic mass is 9.93. The Balaban J connectivity index is 3.07. The van der Waals surface area contributed by atoms with Crippen molar-refractivity contribution in [2.24, 2.45) is 0 Å². The zero-order valence-corrected chi connectivity index (χ0v) is 9.37. The molecule has 1 heteroatoms. The van der Waals surface area contributed by atoms with Crippen LogP contribution in [-0.2, 0) is 4.79 Å². The third-order valence-electron chi connectivity index (χ3n) is 2.66. The Bertz CT molecular complexity index is 326. The molecule has 1 aromatic carbocycles. The minimum atomic E-state index is 0.0104. The smallest absolute Gasteiger partial charge is 0.127 e. The number of hydrogen-bond acceptors (Lipinski definition) is 1. The first kappa shape index (κ1) is 11.0. The number of rotatable bonds is 3. The summed E-state index contributed by atoms with van der Waals surface area (Å²) >= 11 is 0. The fourth-order valence-electron chi connectivity index (χ4n) is 1.64. The molecule has 0 N–H and O–H groups in total. The molecule has 1 atom stereocenters. The third-order valence-corrected chi connectivity index (χ3v) is 2.66. The van der Waals surface area contributed by atoms with Crippen LogP contribution < -0.4 is 0 Å². The van der Waals surface area contributed by atoms with Crippen LogP contribution in [0.4, 0.5) is 0 Å². The van der Waals surface area contributed by atoms with Gasteiger partial charge in [0.2, 0.25) is 0 Å². The first-order valence-electron chi connectivity index (χ1n) is 5.12. The summed E-state index contributed by atoms with van der Waals surface area (Å²) in [5.74, 6) is 0.561. The Morgan fingerprint density at radius 3 is 2.29 bits per heavy atom. The molecular formula is C13H18O. The van der Waals surface area contributed by atoms with Gasteiger partial charge in [0.25, 0.3) is 0 Å². The summed E-state index contributed by atoms with van der Waals surface area (Å²) < 4.78 is 0. The summed E-state index contributed by atoms with van der Waals surface area (Å²) in [5.41, 5.74) is 3.70. The minimum absolute atomic E-state index is 0.0104. The second-order valence-electron chi connectivity index (χ2n) is 4.20. The topological polar surface area (TPSA) is 17.1 Å². The molecule has 14 heavy (non-hydrogen) atoms. The number of hydrogen-bond donors (Lipinski definition) is 0. The highest BCUT2D eigenvalue weighted by Crippen LogP contribution is 2.22. The van der Waals surface area contributed by atoms with Gasteiger partial charge in [-0.1, -0.05) is 39.0 Å². The van der Waals surface area contributed by atoms with Crippen LogP contribution in [0.5, 0.6) is 0 Å². The van der Waals surface area contributed by atoms with Crippen LogP contribution in [0, 0.1) is 6.92 Å². The number of carbonyl (C=O) groups is 1. The summed E-state index contributed by atoms with van der Waals surface area (Å²) in [5, 5.41) is 0. The average molecular weight is 190 g/mol. The molecule has 0 saturated heterocycles. The van der Waals surface area contributed by atoms with E-state index in [9.17, 15) is 4.79 Å². The molecule has 0 aliphatic heterocycles. The maximum Gasteiger partial charge on any atom is 0.127 e. The summed E-state index contributed by atoms with van der Waals surface area (Å²) in [6.07, 6.45) is 0.997. The van der Waals surface area contributed by atoms with Crippen LogP contribution in [0.15, 0.2) is 18.2 Å². The van der Waals surface area contributed by atoms with Gasteiger partial charge in [-0.3, -0.25) is 0 Å². The molecule has 0 aliphatic rings. The van der Waals surface area contributed by atoms with Gasteiger partial charge in [-0.25, -0.2) is 0 Å². The van der Waals surface area contributed by atoms with Gasteiger partial charge in [0.1, 0.15) is 6.29 Å². The van der Waals surface area contributed by atoms with Gasteiger partial charge in [-0.05, 0) is 29.5 Å². The average Bonchev–Trinajstić information content (AvgIpc) is 2.16. The van der Waals surface area contributed by atoms with Crippen molar-refractivity contribution in [2.45, 2.75) is 39.5 Å². The van der Waals surface area contributed by atoms with Crippen molar-refractivity contribution in [3.8, 4) is 0 Å². The van der Waals surface area contributed by atoms with Gasteiger partial charge in [-0.15, -0.1) is 0 Å². The van der Waals surface area contributed by atoms with E-state index in [1.54, 1.807) is 0 Å². The number of benzene rings is 1. The van der Waals surface area contributed by atoms with Crippen LogP contribution in [0.25, 0.3) is 0 Å². The van der Waals surface area contributed by atoms with Crippen molar-refractivity contribution >= 4 is 6.29 Å². The van der Waals surface area contributed by atoms with E-state index in [4.69, 9.17) is 0 Å². The lowest BCUT2D eigenvalue weighted by Crippen LogP contribution is -1.99. The van der Waals surface area contributed by atoms with E-state index < -0.39 is 0 Å². The van der Waals surface area contributed by atoms with Gasteiger partial charge >= 0.3 is 0 Å². The summed E-state index contributed by atoms with van der Waals surface area (Å²) in [6, 6.07) is 6.37. The normalized spacial score (nSPS) is 12.9. The molecule has 0 spiro atoms. The molecule has 1 unspecified atom stereocenters. The molecule has 1 aromatic rings. The van der Waals surface area contributed by atoms with Crippen LogP contribution in [0.1, 0.15) is 49.3 Å². The highest BCUT2D eigenvalue weighted by atomic mass is 16.1. The molecule has 0 saturated carbocycles. The largest absolute Gasteiger partial charge is 0.303 e. The third kappa shape index (κ3) is 2.22. The van der Waals surface area contributed by atoms with Gasteiger partial charge in [-0.2, -0.15) is 0 Å². The van der Waals surface area contributed by atoms with Crippen molar-refractivity contribution < 1.29 is 4.79 Å². The van der Waals surface area contributed by atoms with Gasteiger partial charge in [0, 0.05) is 5.92 Å². The Kier molecular flexibility index (Phi) is 3.45. The Morgan fingerprint density at radius 2 is 1.86 bits per heavy atom. The highest BCUT2D eigenvalue weighted by Gasteiger charge is 2.08. The molecule has 0 heterocycles. The monoisotopic (exact) mass is 190 g/mol. The quantitative estimate of drug-likeness (QED) is 0.667. The second kappa shape index (κ2) is 4.41. The predicted octanol–water partition coefficient (Wildman–Crippen LogP) is 3.42. The molecule has 1 rings (SSSR count). The molecule has 0 aliphatic carbocycles. The first-order valence-corrected chi connectivity index (χ1v) is 5.12. The van der Waals surface area contributed by atoms with E-state index in [2.05, 4.69) is 39.0 Å². The molecule has 76 valence electrons. The number of carbonyl (C=O) groups excluding carboxylic acids is 1. The molecule has 0 fully saturated rings. The zero-order valence-electron chi connectivity index (χ0n) is 9.37. The Labute approximate surface area is 86.1 Å². The Hall–Kier alpha value is -1.11. The molecule has 0 aromatic heterocycles. The van der Waals surface area contributed by atoms with Crippen molar-refractivity contribution in [2.75, 3.05) is 0 Å². The van der Waals surface area contributed by atoms with E-state index in [-0.39, 0.29) is 5.92 Å². The molecule has 1 nitrogen and oxygen atoms in total. The SMILES string of the molecule is Cc1cc(C(C)C)ccc1C(C)C=O. The lowest BCUT2D eigenvalue weighted by Gasteiger charge is -2.12. The van der Waals surface area contributed by atoms with Gasteiger partial charge in [0.05, 0.1) is 0 Å². The zero-order chi connectivity index (χ0) is 10.7. The van der Waals surface area contributed by atoms with Crippen molar-refractivity contribution in [1.29, 1.82) is 0 Å². The van der Waals surface area contributed by atoms with Crippen LogP contribution in [0.2, 0.25) is 0 Å². The highest BCUT2D eigenvalue weighted by molar-refractivity contribution is 5.62. The summed E-state index contributed by atoms with van der Waals surface area (Å²) in [4.78, 5) is 10.7. The fraction of sp³-hybridized carbons (Fsp3) is 0.462. The van der Waals surface area contributed by atoms with Crippen molar-refractivity contribution in [3.63, 3.8) is 0 Å². The van der Waals surface area contributed by atoms with Gasteiger partial charge in [0.15, 0.2) is 0 Å². The maximum atomic E-state index is 10.7.